The van der Waals surface area contributed by atoms with Gasteiger partial charge in [-0.25, -0.2) is 0 Å². The van der Waals surface area contributed by atoms with Crippen LogP contribution < -0.4 is 0 Å². The quantitative estimate of drug-likeness (QED) is 0.269. The van der Waals surface area contributed by atoms with Crippen molar-refractivity contribution in [2.24, 2.45) is 0 Å². The smallest absolute Gasteiger partial charge is 0.115 e. The number of phenolic OH excluding ortho intramolecular Hbond substituents is 1. The fraction of sp³-hybridized carbons (Fsp3) is 0.273. The summed E-state index contributed by atoms with van der Waals surface area (Å²) in [6, 6.07) is 34.7. The first kappa shape index (κ1) is 28.8. The third kappa shape index (κ3) is 8.99. The van der Waals surface area contributed by atoms with Gasteiger partial charge in [0, 0.05) is 12.8 Å². The minimum Gasteiger partial charge on any atom is -0.508 e. The number of aliphatic hydroxyl groups is 2. The molecule has 0 saturated heterocycles. The van der Waals surface area contributed by atoms with Crippen molar-refractivity contribution in [1.29, 1.82) is 0 Å². The third-order valence-corrected chi connectivity index (χ3v) is 5.95. The first-order chi connectivity index (χ1) is 17.2. The summed E-state index contributed by atoms with van der Waals surface area (Å²) in [6.45, 7) is 9.70. The van der Waals surface area contributed by atoms with Crippen LogP contribution in [0.5, 0.6) is 5.75 Å². The van der Waals surface area contributed by atoms with E-state index in [2.05, 4.69) is 6.92 Å². The van der Waals surface area contributed by atoms with Gasteiger partial charge in [-0.15, -0.1) is 0 Å². The lowest BCUT2D eigenvalue weighted by molar-refractivity contribution is 0.0571. The highest BCUT2D eigenvalue weighted by Crippen LogP contribution is 2.27. The van der Waals surface area contributed by atoms with Gasteiger partial charge in [0.1, 0.15) is 5.75 Å². The fourth-order valence-electron chi connectivity index (χ4n) is 3.92. The van der Waals surface area contributed by atoms with Crippen LogP contribution in [0.15, 0.2) is 109 Å². The van der Waals surface area contributed by atoms with Crippen LogP contribution in [0.3, 0.4) is 0 Å². The summed E-state index contributed by atoms with van der Waals surface area (Å²) in [7, 11) is 0. The molecule has 0 heterocycles. The van der Waals surface area contributed by atoms with Gasteiger partial charge in [-0.3, -0.25) is 0 Å². The Morgan fingerprint density at radius 3 is 1.22 bits per heavy atom. The Labute approximate surface area is 216 Å². The highest BCUT2D eigenvalue weighted by Gasteiger charge is 2.24. The average molecular weight is 485 g/mol. The van der Waals surface area contributed by atoms with Crippen molar-refractivity contribution < 1.29 is 15.3 Å². The predicted molar refractivity (Wildman–Crippen MR) is 150 cm³/mol. The molecule has 4 rings (SSSR count). The first-order valence-electron chi connectivity index (χ1n) is 12.5. The number of phenols is 1. The third-order valence-electron chi connectivity index (χ3n) is 5.95. The molecule has 0 fully saturated rings. The highest BCUT2D eigenvalue weighted by atomic mass is 16.3. The van der Waals surface area contributed by atoms with E-state index in [1.54, 1.807) is 31.2 Å². The number of aryl methyl sites for hydroxylation is 1. The van der Waals surface area contributed by atoms with Crippen LogP contribution in [0.2, 0.25) is 0 Å². The normalized spacial score (nSPS) is 13.6. The van der Waals surface area contributed by atoms with Crippen LogP contribution in [-0.2, 0) is 24.0 Å². The van der Waals surface area contributed by atoms with Gasteiger partial charge >= 0.3 is 0 Å². The Balaban J connectivity index is 0.000000237. The molecule has 0 aromatic heterocycles. The Kier molecular flexibility index (Phi) is 10.9. The lowest BCUT2D eigenvalue weighted by Gasteiger charge is -2.24. The maximum Gasteiger partial charge on any atom is 0.115 e. The maximum absolute atomic E-state index is 10.5. The molecule has 2 atom stereocenters. The zero-order chi connectivity index (χ0) is 26.6. The highest BCUT2D eigenvalue weighted by molar-refractivity contribution is 5.31. The maximum atomic E-state index is 10.5. The number of benzene rings is 4. The number of hydrogen-bond acceptors (Lipinski definition) is 3. The topological polar surface area (TPSA) is 60.7 Å². The Morgan fingerprint density at radius 1 is 0.528 bits per heavy atom. The minimum atomic E-state index is -0.922. The molecular weight excluding hydrogens is 444 g/mol. The van der Waals surface area contributed by atoms with Gasteiger partial charge < -0.3 is 15.3 Å². The van der Waals surface area contributed by atoms with E-state index < -0.39 is 11.2 Å². The van der Waals surface area contributed by atoms with Gasteiger partial charge in [0.15, 0.2) is 0 Å². The van der Waals surface area contributed by atoms with Gasteiger partial charge in [0.25, 0.3) is 0 Å². The molecular formula is C33H40O3. The van der Waals surface area contributed by atoms with Crippen LogP contribution in [0.4, 0.5) is 0 Å². The SMILES string of the molecule is CC.CC(O)(Cc1ccccc1)c1ccc(O)cc1.Cc1ccc(C(C)(O)Cc2ccccc2)cc1. The van der Waals surface area contributed by atoms with Crippen LogP contribution in [-0.4, -0.2) is 15.3 Å². The molecule has 0 radical (unpaired) electrons. The minimum absolute atomic E-state index is 0.212. The van der Waals surface area contributed by atoms with Crippen LogP contribution in [0, 0.1) is 6.92 Å². The van der Waals surface area contributed by atoms with Gasteiger partial charge in [-0.1, -0.05) is 116 Å². The summed E-state index contributed by atoms with van der Waals surface area (Å²) in [6.07, 6.45) is 1.19. The number of rotatable bonds is 6. The molecule has 190 valence electrons. The van der Waals surface area contributed by atoms with Gasteiger partial charge in [-0.2, -0.15) is 0 Å². The van der Waals surface area contributed by atoms with Gasteiger partial charge in [0.2, 0.25) is 0 Å². The van der Waals surface area contributed by atoms with Crippen LogP contribution >= 0.6 is 0 Å². The first-order valence-corrected chi connectivity index (χ1v) is 12.5. The van der Waals surface area contributed by atoms with Crippen LogP contribution in [0.1, 0.15) is 55.5 Å². The molecule has 4 aromatic carbocycles. The molecule has 0 aliphatic rings. The lowest BCUT2D eigenvalue weighted by atomic mass is 9.89. The molecule has 36 heavy (non-hydrogen) atoms. The molecule has 3 heteroatoms. The standard InChI is InChI=1S/C16H18O.C15H16O2.C2H6/c1-13-8-10-15(11-9-13)16(2,17)12-14-6-4-3-5-7-14;1-15(17,11-12-5-3-2-4-6-12)13-7-9-14(16)10-8-13;1-2/h3-11,17H,12H2,1-2H3;2-10,16-17H,11H2,1H3;1-2H3. The number of aromatic hydroxyl groups is 1. The molecule has 3 nitrogen and oxygen atoms in total. The molecule has 0 aliphatic carbocycles. The van der Waals surface area contributed by atoms with E-state index in [9.17, 15) is 15.3 Å². The molecule has 0 spiro atoms. The summed E-state index contributed by atoms with van der Waals surface area (Å²) in [5.41, 5.74) is 3.49. The lowest BCUT2D eigenvalue weighted by Crippen LogP contribution is -2.24. The summed E-state index contributed by atoms with van der Waals surface area (Å²) >= 11 is 0. The van der Waals surface area contributed by atoms with E-state index >= 15 is 0 Å². The Morgan fingerprint density at radius 2 is 0.861 bits per heavy atom. The van der Waals surface area contributed by atoms with Crippen molar-refractivity contribution in [3.8, 4) is 5.75 Å². The van der Waals surface area contributed by atoms with Crippen molar-refractivity contribution in [2.45, 2.75) is 58.7 Å². The molecule has 0 aliphatic heterocycles. The van der Waals surface area contributed by atoms with E-state index in [4.69, 9.17) is 0 Å². The molecule has 3 N–H and O–H groups in total. The van der Waals surface area contributed by atoms with Crippen molar-refractivity contribution in [3.63, 3.8) is 0 Å². The van der Waals surface area contributed by atoms with Crippen molar-refractivity contribution in [3.05, 3.63) is 137 Å². The van der Waals surface area contributed by atoms with Gasteiger partial charge in [0.05, 0.1) is 11.2 Å². The second-order valence-electron chi connectivity index (χ2n) is 9.29. The Hall–Kier alpha value is -3.40. The Bertz CT molecular complexity index is 1040. The fourth-order valence-corrected chi connectivity index (χ4v) is 3.92. The molecule has 0 saturated carbocycles. The second-order valence-corrected chi connectivity index (χ2v) is 9.29. The molecule has 2 unspecified atom stereocenters. The zero-order valence-electron chi connectivity index (χ0n) is 22.1. The van der Waals surface area contributed by atoms with E-state index in [0.29, 0.717) is 12.8 Å². The molecule has 0 amide bonds. The monoisotopic (exact) mass is 484 g/mol. The van der Waals surface area contributed by atoms with Crippen molar-refractivity contribution in [1.82, 2.24) is 0 Å². The molecule has 0 bridgehead atoms. The van der Waals surface area contributed by atoms with Gasteiger partial charge in [-0.05, 0) is 55.2 Å². The van der Waals surface area contributed by atoms with E-state index in [1.165, 1.54) is 5.56 Å². The van der Waals surface area contributed by atoms with Crippen LogP contribution in [0.25, 0.3) is 0 Å². The van der Waals surface area contributed by atoms with E-state index in [0.717, 1.165) is 22.3 Å². The second kappa shape index (κ2) is 13.6. The number of hydrogen-bond donors (Lipinski definition) is 3. The van der Waals surface area contributed by atoms with Crippen molar-refractivity contribution in [2.75, 3.05) is 0 Å². The van der Waals surface area contributed by atoms with E-state index in [-0.39, 0.29) is 5.75 Å². The summed E-state index contributed by atoms with van der Waals surface area (Å²) in [5.74, 6) is 0.212. The van der Waals surface area contributed by atoms with Crippen molar-refractivity contribution >= 4 is 0 Å². The largest absolute Gasteiger partial charge is 0.508 e. The summed E-state index contributed by atoms with van der Waals surface area (Å²) in [5, 5.41) is 30.2. The zero-order valence-corrected chi connectivity index (χ0v) is 22.1. The van der Waals surface area contributed by atoms with E-state index in [1.807, 2.05) is 106 Å². The average Bonchev–Trinajstić information content (AvgIpc) is 2.87. The predicted octanol–water partition coefficient (Wildman–Crippen LogP) is 7.31. The summed E-state index contributed by atoms with van der Waals surface area (Å²) in [4.78, 5) is 0. The summed E-state index contributed by atoms with van der Waals surface area (Å²) < 4.78 is 0. The molecule has 4 aromatic rings.